The van der Waals surface area contributed by atoms with Crippen LogP contribution in [-0.4, -0.2) is 98.7 Å². The Morgan fingerprint density at radius 2 is 1.71 bits per heavy atom. The number of methoxy groups -OCH3 is 2. The van der Waals surface area contributed by atoms with Crippen molar-refractivity contribution in [2.24, 2.45) is 0 Å². The number of carbonyl (C=O) groups is 1. The zero-order valence-electron chi connectivity index (χ0n) is 23.3. The first kappa shape index (κ1) is 28.8. The molecule has 13 heteroatoms. The van der Waals surface area contributed by atoms with Crippen molar-refractivity contribution in [2.45, 2.75) is 24.2 Å². The minimum absolute atomic E-state index is 0.0648. The van der Waals surface area contributed by atoms with Gasteiger partial charge in [0, 0.05) is 41.7 Å². The third kappa shape index (κ3) is 5.55. The Kier molecular flexibility index (Phi) is 8.28. The molecule has 3 aliphatic heterocycles. The van der Waals surface area contributed by atoms with Crippen molar-refractivity contribution in [1.29, 1.82) is 0 Å². The second kappa shape index (κ2) is 12.1. The molecule has 0 saturated carbocycles. The molecule has 0 unspecified atom stereocenters. The van der Waals surface area contributed by atoms with Crippen LogP contribution in [0.4, 0.5) is 11.6 Å². The molecule has 222 valence electrons. The van der Waals surface area contributed by atoms with E-state index in [0.717, 1.165) is 17.3 Å². The molecule has 0 radical (unpaired) electrons. The lowest BCUT2D eigenvalue weighted by Crippen LogP contribution is -2.49. The highest BCUT2D eigenvalue weighted by atomic mass is 35.5. The number of likely N-dealkylation sites (tertiary alicyclic amines) is 1. The second-order valence-electron chi connectivity index (χ2n) is 10.5. The first-order chi connectivity index (χ1) is 20.4. The zero-order chi connectivity index (χ0) is 29.4. The first-order valence-corrected chi connectivity index (χ1v) is 14.4. The van der Waals surface area contributed by atoms with Gasteiger partial charge in [-0.3, -0.25) is 9.69 Å². The number of pyridine rings is 2. The molecule has 0 spiro atoms. The van der Waals surface area contributed by atoms with Gasteiger partial charge in [-0.15, -0.1) is 0 Å². The Morgan fingerprint density at radius 3 is 2.31 bits per heavy atom. The van der Waals surface area contributed by atoms with E-state index in [1.807, 2.05) is 12.1 Å². The van der Waals surface area contributed by atoms with Crippen LogP contribution in [0.2, 0.25) is 10.0 Å². The minimum atomic E-state index is -0.206. The van der Waals surface area contributed by atoms with Crippen LogP contribution in [0.5, 0.6) is 11.5 Å². The van der Waals surface area contributed by atoms with Crippen LogP contribution in [0.3, 0.4) is 0 Å². The summed E-state index contributed by atoms with van der Waals surface area (Å²) in [6.45, 7) is 7.60. The third-order valence-electron chi connectivity index (χ3n) is 7.85. The van der Waals surface area contributed by atoms with Crippen molar-refractivity contribution in [3.8, 4) is 22.8 Å². The number of ether oxygens (including phenoxy) is 4. The van der Waals surface area contributed by atoms with Crippen molar-refractivity contribution in [3.63, 3.8) is 0 Å². The molecule has 1 aromatic carbocycles. The molecule has 3 saturated heterocycles. The van der Waals surface area contributed by atoms with Crippen LogP contribution < -0.4 is 25.4 Å². The molecule has 3 fully saturated rings. The SMILES string of the molecule is C=CC(=O)N[C@H]1CN(C2COC2)C[C@H]1Nc1cc2c(NC3COC3)nc(-c3c(Cl)c(OC)cc(OC)c3Cl)cc2cn1. The predicted octanol–water partition coefficient (Wildman–Crippen LogP) is 3.60. The summed E-state index contributed by atoms with van der Waals surface area (Å²) in [5.41, 5.74) is 1.04. The van der Waals surface area contributed by atoms with Crippen LogP contribution in [0.1, 0.15) is 0 Å². The molecule has 3 aliphatic rings. The van der Waals surface area contributed by atoms with E-state index < -0.39 is 0 Å². The number of nitrogens with zero attached hydrogens (tertiary/aromatic N) is 3. The van der Waals surface area contributed by atoms with Gasteiger partial charge in [-0.1, -0.05) is 29.8 Å². The summed E-state index contributed by atoms with van der Waals surface area (Å²) in [4.78, 5) is 24.2. The van der Waals surface area contributed by atoms with Crippen LogP contribution in [-0.2, 0) is 14.3 Å². The van der Waals surface area contributed by atoms with Gasteiger partial charge in [0.05, 0.1) is 80.6 Å². The summed E-state index contributed by atoms with van der Waals surface area (Å²) in [6, 6.07) is 5.77. The maximum atomic E-state index is 12.2. The van der Waals surface area contributed by atoms with E-state index in [-0.39, 0.29) is 24.0 Å². The van der Waals surface area contributed by atoms with Gasteiger partial charge in [0.25, 0.3) is 0 Å². The largest absolute Gasteiger partial charge is 0.495 e. The maximum absolute atomic E-state index is 12.2. The number of hydrogen-bond donors (Lipinski definition) is 3. The Morgan fingerprint density at radius 1 is 1.02 bits per heavy atom. The predicted molar refractivity (Wildman–Crippen MR) is 162 cm³/mol. The van der Waals surface area contributed by atoms with Crippen molar-refractivity contribution in [2.75, 3.05) is 64.4 Å². The fourth-order valence-corrected chi connectivity index (χ4v) is 6.07. The lowest BCUT2D eigenvalue weighted by Gasteiger charge is -2.34. The number of carbonyl (C=O) groups excluding carboxylic acids is 1. The van der Waals surface area contributed by atoms with E-state index in [4.69, 9.17) is 52.1 Å². The van der Waals surface area contributed by atoms with Crippen LogP contribution >= 0.6 is 23.2 Å². The summed E-state index contributed by atoms with van der Waals surface area (Å²) in [7, 11) is 3.07. The van der Waals surface area contributed by atoms with Gasteiger partial charge in [0.1, 0.15) is 23.1 Å². The summed E-state index contributed by atoms with van der Waals surface area (Å²) in [5.74, 6) is 1.95. The molecular formula is C29H32Cl2N6O5. The van der Waals surface area contributed by atoms with E-state index in [1.165, 1.54) is 20.3 Å². The fraction of sp³-hybridized carbons (Fsp3) is 0.414. The topological polar surface area (TPSA) is 119 Å². The molecule has 5 heterocycles. The summed E-state index contributed by atoms with van der Waals surface area (Å²) in [6.07, 6.45) is 3.08. The minimum Gasteiger partial charge on any atom is -0.495 e. The molecule has 3 aromatic rings. The summed E-state index contributed by atoms with van der Waals surface area (Å²) in [5, 5.41) is 12.5. The van der Waals surface area contributed by atoms with Crippen LogP contribution in [0.15, 0.2) is 37.1 Å². The van der Waals surface area contributed by atoms with E-state index in [9.17, 15) is 4.79 Å². The number of aromatic nitrogens is 2. The number of fused-ring (bicyclic) bond motifs is 1. The molecule has 0 bridgehead atoms. The van der Waals surface area contributed by atoms with Gasteiger partial charge in [-0.25, -0.2) is 9.97 Å². The number of anilines is 2. The van der Waals surface area contributed by atoms with Gasteiger partial charge in [-0.05, 0) is 18.2 Å². The Labute approximate surface area is 253 Å². The molecule has 11 nitrogen and oxygen atoms in total. The second-order valence-corrected chi connectivity index (χ2v) is 11.3. The summed E-state index contributed by atoms with van der Waals surface area (Å²) < 4.78 is 21.7. The average molecular weight is 616 g/mol. The van der Waals surface area contributed by atoms with E-state index >= 15 is 0 Å². The van der Waals surface area contributed by atoms with Crippen molar-refractivity contribution < 1.29 is 23.7 Å². The van der Waals surface area contributed by atoms with Crippen LogP contribution in [0, 0.1) is 0 Å². The highest BCUT2D eigenvalue weighted by Crippen LogP contribution is 2.46. The lowest BCUT2D eigenvalue weighted by molar-refractivity contribution is -0.117. The number of rotatable bonds is 10. The Hall–Kier alpha value is -3.35. The molecule has 42 heavy (non-hydrogen) atoms. The van der Waals surface area contributed by atoms with Gasteiger partial charge in [-0.2, -0.15) is 0 Å². The molecule has 2 aromatic heterocycles. The number of halogens is 2. The van der Waals surface area contributed by atoms with Gasteiger partial charge >= 0.3 is 0 Å². The molecular weight excluding hydrogens is 583 g/mol. The average Bonchev–Trinajstić information content (AvgIpc) is 3.30. The summed E-state index contributed by atoms with van der Waals surface area (Å²) >= 11 is 13.5. The highest BCUT2D eigenvalue weighted by Gasteiger charge is 2.39. The van der Waals surface area contributed by atoms with Crippen molar-refractivity contribution in [1.82, 2.24) is 20.2 Å². The van der Waals surface area contributed by atoms with Crippen molar-refractivity contribution >= 4 is 51.5 Å². The van der Waals surface area contributed by atoms with Crippen LogP contribution in [0.25, 0.3) is 22.0 Å². The molecule has 0 aliphatic carbocycles. The third-order valence-corrected chi connectivity index (χ3v) is 8.60. The number of hydrogen-bond acceptors (Lipinski definition) is 10. The van der Waals surface area contributed by atoms with Crippen molar-refractivity contribution in [3.05, 3.63) is 47.1 Å². The van der Waals surface area contributed by atoms with Gasteiger partial charge in [0.2, 0.25) is 5.91 Å². The lowest BCUT2D eigenvalue weighted by atomic mass is 10.1. The first-order valence-electron chi connectivity index (χ1n) is 13.6. The standard InChI is InChI=1S/C29H32Cl2N6O5/c1-4-25(38)35-21-10-37(17-13-42-14-17)9-20(21)34-24-6-18-15(8-32-24)5-19(36-29(18)33-16-11-41-12-16)26-27(30)22(39-2)7-23(40-3)28(26)31/h4-8,16-17,20-21H,1,9-14H2,2-3H3,(H,32,34)(H,33,36)(H,35,38)/t20-,21+/m1/s1. The monoisotopic (exact) mass is 614 g/mol. The number of amides is 1. The van der Waals surface area contributed by atoms with Gasteiger partial charge in [0.15, 0.2) is 0 Å². The normalized spacial score (nSPS) is 21.0. The van der Waals surface area contributed by atoms with Gasteiger partial charge < -0.3 is 34.9 Å². The zero-order valence-corrected chi connectivity index (χ0v) is 24.8. The highest BCUT2D eigenvalue weighted by molar-refractivity contribution is 6.41. The van der Waals surface area contributed by atoms with E-state index in [0.29, 0.717) is 83.5 Å². The molecule has 6 rings (SSSR count). The maximum Gasteiger partial charge on any atom is 0.243 e. The Balaban J connectivity index is 1.36. The molecule has 2 atom stereocenters. The van der Waals surface area contributed by atoms with E-state index in [2.05, 4.69) is 27.4 Å². The molecule has 1 amide bonds. The fourth-order valence-electron chi connectivity index (χ4n) is 5.38. The number of benzene rings is 1. The number of nitrogens with one attached hydrogen (secondary N) is 3. The smallest absolute Gasteiger partial charge is 0.243 e. The van der Waals surface area contributed by atoms with E-state index in [1.54, 1.807) is 12.3 Å². The quantitative estimate of drug-likeness (QED) is 0.292. The molecule has 3 N–H and O–H groups in total. The Bertz CT molecular complexity index is 1490.